The molecule has 28 heavy (non-hydrogen) atoms. The lowest BCUT2D eigenvalue weighted by molar-refractivity contribution is 0.0697. The summed E-state index contributed by atoms with van der Waals surface area (Å²) in [7, 11) is 1.56. The fraction of sp³-hybridized carbons (Fsp3) is 0.400. The molecule has 8 heteroatoms. The highest BCUT2D eigenvalue weighted by Crippen LogP contribution is 2.30. The Labute approximate surface area is 161 Å². The molecule has 0 spiro atoms. The second-order valence-electron chi connectivity index (χ2n) is 6.86. The summed E-state index contributed by atoms with van der Waals surface area (Å²) >= 11 is 0. The lowest BCUT2D eigenvalue weighted by Gasteiger charge is -2.30. The number of aromatic nitrogens is 3. The van der Waals surface area contributed by atoms with E-state index in [0.717, 1.165) is 29.8 Å². The number of nitrogens with zero attached hydrogens (tertiary/aromatic N) is 4. The Bertz CT molecular complexity index is 1000. The standard InChI is InChI=1S/C20H22N4O4/c1-27-13-12-24-18(25)7-6-16(22-24)20(26)23-10-8-14(9-11-23)19-21-15-4-2-3-5-17(15)28-19/h2-7,14H,8-13H2,1H3. The first-order chi connectivity index (χ1) is 13.7. The number of likely N-dealkylation sites (tertiary alicyclic amines) is 1. The van der Waals surface area contributed by atoms with Gasteiger partial charge in [-0.05, 0) is 31.0 Å². The molecular formula is C20H22N4O4. The largest absolute Gasteiger partial charge is 0.440 e. The van der Waals surface area contributed by atoms with Crippen LogP contribution in [0.15, 0.2) is 45.6 Å². The molecule has 1 fully saturated rings. The number of para-hydroxylation sites is 2. The Morgan fingerprint density at radius 1 is 1.21 bits per heavy atom. The Kier molecular flexibility index (Phi) is 5.21. The maximum atomic E-state index is 12.8. The highest BCUT2D eigenvalue weighted by atomic mass is 16.5. The minimum atomic E-state index is -0.247. The minimum absolute atomic E-state index is 0.165. The third-order valence-electron chi connectivity index (χ3n) is 5.03. The fourth-order valence-electron chi connectivity index (χ4n) is 3.46. The quantitative estimate of drug-likeness (QED) is 0.671. The summed E-state index contributed by atoms with van der Waals surface area (Å²) in [6, 6.07) is 10.6. The Morgan fingerprint density at radius 3 is 2.75 bits per heavy atom. The van der Waals surface area contributed by atoms with Gasteiger partial charge >= 0.3 is 0 Å². The predicted molar refractivity (Wildman–Crippen MR) is 102 cm³/mol. The van der Waals surface area contributed by atoms with Crippen LogP contribution in [0.2, 0.25) is 0 Å². The van der Waals surface area contributed by atoms with Gasteiger partial charge in [-0.15, -0.1) is 0 Å². The number of oxazole rings is 1. The lowest BCUT2D eigenvalue weighted by atomic mass is 9.96. The van der Waals surface area contributed by atoms with Crippen molar-refractivity contribution in [2.45, 2.75) is 25.3 Å². The molecule has 0 bridgehead atoms. The van der Waals surface area contributed by atoms with Crippen molar-refractivity contribution in [3.05, 3.63) is 58.3 Å². The Hall–Kier alpha value is -3.00. The monoisotopic (exact) mass is 382 g/mol. The van der Waals surface area contributed by atoms with Crippen LogP contribution in [0.4, 0.5) is 0 Å². The van der Waals surface area contributed by atoms with Crippen molar-refractivity contribution >= 4 is 17.0 Å². The molecule has 0 aliphatic carbocycles. The topological polar surface area (TPSA) is 90.5 Å². The van der Waals surface area contributed by atoms with Gasteiger partial charge in [0.25, 0.3) is 11.5 Å². The molecule has 0 atom stereocenters. The van der Waals surface area contributed by atoms with E-state index >= 15 is 0 Å². The molecule has 1 aromatic carbocycles. The molecule has 146 valence electrons. The predicted octanol–water partition coefficient (Wildman–Crippen LogP) is 2.05. The van der Waals surface area contributed by atoms with Crippen LogP contribution in [0.5, 0.6) is 0 Å². The number of fused-ring (bicyclic) bond motifs is 1. The normalized spacial score (nSPS) is 15.2. The number of hydrogen-bond donors (Lipinski definition) is 0. The van der Waals surface area contributed by atoms with Crippen molar-refractivity contribution in [1.29, 1.82) is 0 Å². The van der Waals surface area contributed by atoms with Crippen LogP contribution in [0, 0.1) is 0 Å². The fourth-order valence-corrected chi connectivity index (χ4v) is 3.46. The van der Waals surface area contributed by atoms with E-state index < -0.39 is 0 Å². The Morgan fingerprint density at radius 2 is 2.00 bits per heavy atom. The first-order valence-electron chi connectivity index (χ1n) is 9.37. The first-order valence-corrected chi connectivity index (χ1v) is 9.37. The average molecular weight is 382 g/mol. The number of benzene rings is 1. The van der Waals surface area contributed by atoms with Gasteiger partial charge in [-0.25, -0.2) is 9.67 Å². The molecular weight excluding hydrogens is 360 g/mol. The molecule has 0 saturated carbocycles. The van der Waals surface area contributed by atoms with E-state index in [1.54, 1.807) is 12.0 Å². The summed E-state index contributed by atoms with van der Waals surface area (Å²) in [4.78, 5) is 31.0. The van der Waals surface area contributed by atoms with Crippen LogP contribution < -0.4 is 5.56 Å². The van der Waals surface area contributed by atoms with Crippen LogP contribution in [0.25, 0.3) is 11.1 Å². The summed E-state index contributed by atoms with van der Waals surface area (Å²) in [5, 5.41) is 4.19. The number of carbonyl (C=O) groups excluding carboxylic acids is 1. The molecule has 4 rings (SSSR count). The van der Waals surface area contributed by atoms with E-state index in [0.29, 0.717) is 26.2 Å². The van der Waals surface area contributed by atoms with Gasteiger partial charge in [-0.2, -0.15) is 5.10 Å². The summed E-state index contributed by atoms with van der Waals surface area (Å²) in [5.41, 5.74) is 1.68. The third-order valence-corrected chi connectivity index (χ3v) is 5.03. The van der Waals surface area contributed by atoms with Crippen molar-refractivity contribution in [2.24, 2.45) is 0 Å². The van der Waals surface area contributed by atoms with Gasteiger partial charge in [0.2, 0.25) is 0 Å². The van der Waals surface area contributed by atoms with Crippen LogP contribution in [-0.4, -0.2) is 52.4 Å². The summed E-state index contributed by atoms with van der Waals surface area (Å²) in [5.74, 6) is 0.766. The average Bonchev–Trinajstić information content (AvgIpc) is 3.17. The second-order valence-corrected chi connectivity index (χ2v) is 6.86. The molecule has 1 aliphatic rings. The maximum Gasteiger partial charge on any atom is 0.274 e. The van der Waals surface area contributed by atoms with Crippen molar-refractivity contribution in [2.75, 3.05) is 26.8 Å². The van der Waals surface area contributed by atoms with E-state index in [2.05, 4.69) is 10.1 Å². The van der Waals surface area contributed by atoms with Gasteiger partial charge in [0.05, 0.1) is 13.2 Å². The molecule has 8 nitrogen and oxygen atoms in total. The number of carbonyl (C=O) groups is 1. The molecule has 0 unspecified atom stereocenters. The molecule has 2 aromatic heterocycles. The number of ether oxygens (including phenoxy) is 1. The van der Waals surface area contributed by atoms with Crippen LogP contribution >= 0.6 is 0 Å². The van der Waals surface area contributed by atoms with E-state index in [1.807, 2.05) is 24.3 Å². The van der Waals surface area contributed by atoms with Crippen LogP contribution in [0.1, 0.15) is 35.1 Å². The van der Waals surface area contributed by atoms with E-state index in [-0.39, 0.29) is 23.1 Å². The van der Waals surface area contributed by atoms with Crippen molar-refractivity contribution in [3.8, 4) is 0 Å². The number of rotatable bonds is 5. The van der Waals surface area contributed by atoms with Gasteiger partial charge in [-0.3, -0.25) is 9.59 Å². The number of methoxy groups -OCH3 is 1. The third kappa shape index (κ3) is 3.68. The smallest absolute Gasteiger partial charge is 0.274 e. The van der Waals surface area contributed by atoms with E-state index in [9.17, 15) is 9.59 Å². The highest BCUT2D eigenvalue weighted by Gasteiger charge is 2.28. The van der Waals surface area contributed by atoms with Crippen molar-refractivity contribution in [3.63, 3.8) is 0 Å². The van der Waals surface area contributed by atoms with E-state index in [4.69, 9.17) is 9.15 Å². The van der Waals surface area contributed by atoms with Crippen LogP contribution in [0.3, 0.4) is 0 Å². The summed E-state index contributed by atoms with van der Waals surface area (Å²) in [6.45, 7) is 1.87. The van der Waals surface area contributed by atoms with Gasteiger partial charge in [0.15, 0.2) is 11.5 Å². The summed E-state index contributed by atoms with van der Waals surface area (Å²) < 4.78 is 12.1. The maximum absolute atomic E-state index is 12.8. The Balaban J connectivity index is 1.43. The summed E-state index contributed by atoms with van der Waals surface area (Å²) in [6.07, 6.45) is 1.56. The molecule has 1 amide bonds. The molecule has 0 N–H and O–H groups in total. The molecule has 1 saturated heterocycles. The molecule has 0 radical (unpaired) electrons. The first kappa shape index (κ1) is 18.4. The highest BCUT2D eigenvalue weighted by molar-refractivity contribution is 5.92. The zero-order chi connectivity index (χ0) is 19.5. The van der Waals surface area contributed by atoms with Gasteiger partial charge in [0.1, 0.15) is 11.2 Å². The van der Waals surface area contributed by atoms with Crippen molar-refractivity contribution < 1.29 is 13.9 Å². The number of piperidine rings is 1. The zero-order valence-electron chi connectivity index (χ0n) is 15.7. The minimum Gasteiger partial charge on any atom is -0.440 e. The molecule has 1 aliphatic heterocycles. The van der Waals surface area contributed by atoms with Gasteiger partial charge in [-0.1, -0.05) is 12.1 Å². The van der Waals surface area contributed by atoms with Gasteiger partial charge in [0, 0.05) is 32.2 Å². The number of hydrogen-bond acceptors (Lipinski definition) is 6. The van der Waals surface area contributed by atoms with Crippen LogP contribution in [-0.2, 0) is 11.3 Å². The zero-order valence-corrected chi connectivity index (χ0v) is 15.7. The van der Waals surface area contributed by atoms with Gasteiger partial charge < -0.3 is 14.1 Å². The lowest BCUT2D eigenvalue weighted by Crippen LogP contribution is -2.39. The van der Waals surface area contributed by atoms with E-state index in [1.165, 1.54) is 16.8 Å². The van der Waals surface area contributed by atoms with Crippen molar-refractivity contribution in [1.82, 2.24) is 19.7 Å². The second kappa shape index (κ2) is 7.93. The number of amides is 1. The molecule has 3 aromatic rings. The SMILES string of the molecule is COCCn1nc(C(=O)N2CCC(c3nc4ccccc4o3)CC2)ccc1=O. The molecule has 3 heterocycles.